The van der Waals surface area contributed by atoms with E-state index in [-0.39, 0.29) is 11.8 Å². The number of hydrogen-bond acceptors (Lipinski definition) is 5. The molecule has 0 spiro atoms. The number of amides is 2. The zero-order valence-electron chi connectivity index (χ0n) is 18.0. The lowest BCUT2D eigenvalue weighted by Crippen LogP contribution is -2.48. The molecule has 1 aliphatic rings. The first-order valence-electron chi connectivity index (χ1n) is 10.6. The molecular formula is C24H23BrClN3O3S. The van der Waals surface area contributed by atoms with Gasteiger partial charge in [-0.3, -0.25) is 9.59 Å². The number of halogens is 2. The number of carbonyl (C=O) groups is 2. The van der Waals surface area contributed by atoms with Crippen molar-refractivity contribution in [3.63, 3.8) is 0 Å². The predicted octanol–water partition coefficient (Wildman–Crippen LogP) is 5.78. The number of piperazine rings is 1. The van der Waals surface area contributed by atoms with Gasteiger partial charge in [0.2, 0.25) is 0 Å². The van der Waals surface area contributed by atoms with Crippen LogP contribution in [0.5, 0.6) is 5.75 Å². The van der Waals surface area contributed by atoms with Gasteiger partial charge in [-0.05, 0) is 70.7 Å². The molecule has 172 valence electrons. The van der Waals surface area contributed by atoms with Gasteiger partial charge in [-0.25, -0.2) is 0 Å². The number of thiophene rings is 1. The summed E-state index contributed by atoms with van der Waals surface area (Å²) >= 11 is 11.5. The van der Waals surface area contributed by atoms with Crippen LogP contribution in [0.1, 0.15) is 27.0 Å². The van der Waals surface area contributed by atoms with E-state index in [1.165, 1.54) is 11.3 Å². The molecule has 1 fully saturated rings. The molecule has 1 aromatic heterocycles. The number of benzene rings is 2. The fourth-order valence-electron chi connectivity index (χ4n) is 3.67. The van der Waals surface area contributed by atoms with Crippen LogP contribution in [-0.2, 0) is 0 Å². The van der Waals surface area contributed by atoms with E-state index in [4.69, 9.17) is 16.3 Å². The van der Waals surface area contributed by atoms with Gasteiger partial charge in [0.05, 0.1) is 26.7 Å². The highest BCUT2D eigenvalue weighted by Crippen LogP contribution is 2.31. The normalized spacial score (nSPS) is 13.7. The second-order valence-electron chi connectivity index (χ2n) is 7.46. The van der Waals surface area contributed by atoms with Gasteiger partial charge in [-0.2, -0.15) is 0 Å². The van der Waals surface area contributed by atoms with Crippen LogP contribution in [-0.4, -0.2) is 49.5 Å². The summed E-state index contributed by atoms with van der Waals surface area (Å²) in [4.78, 5) is 30.0. The molecule has 2 heterocycles. The van der Waals surface area contributed by atoms with Crippen molar-refractivity contribution in [3.8, 4) is 5.75 Å². The Labute approximate surface area is 210 Å². The van der Waals surface area contributed by atoms with Crippen LogP contribution < -0.4 is 15.0 Å². The van der Waals surface area contributed by atoms with Gasteiger partial charge in [-0.15, -0.1) is 11.3 Å². The first-order chi connectivity index (χ1) is 16.0. The molecule has 0 unspecified atom stereocenters. The topological polar surface area (TPSA) is 61.9 Å². The molecular weight excluding hydrogens is 526 g/mol. The SMILES string of the molecule is CCOc1ccc(C(=O)Nc2ccc(N3CCN(C(=O)c4cccs4)CC3)c(Cl)c2)cc1Br. The minimum absolute atomic E-state index is 0.0785. The molecule has 1 aliphatic heterocycles. The van der Waals surface area contributed by atoms with Gasteiger partial charge in [0, 0.05) is 37.4 Å². The molecule has 0 atom stereocenters. The monoisotopic (exact) mass is 547 g/mol. The van der Waals surface area contributed by atoms with Crippen molar-refractivity contribution in [1.29, 1.82) is 0 Å². The van der Waals surface area contributed by atoms with E-state index >= 15 is 0 Å². The van der Waals surface area contributed by atoms with E-state index in [0.717, 1.165) is 15.0 Å². The van der Waals surface area contributed by atoms with Gasteiger partial charge in [0.15, 0.2) is 0 Å². The number of anilines is 2. The second kappa shape index (κ2) is 10.6. The van der Waals surface area contributed by atoms with Crippen LogP contribution >= 0.6 is 38.9 Å². The van der Waals surface area contributed by atoms with Crippen molar-refractivity contribution >= 4 is 62.1 Å². The van der Waals surface area contributed by atoms with Crippen LogP contribution in [0, 0.1) is 0 Å². The Morgan fingerprint density at radius 2 is 1.91 bits per heavy atom. The number of nitrogens with one attached hydrogen (secondary N) is 1. The summed E-state index contributed by atoms with van der Waals surface area (Å²) in [5.74, 6) is 0.539. The molecule has 33 heavy (non-hydrogen) atoms. The van der Waals surface area contributed by atoms with Crippen LogP contribution in [0.3, 0.4) is 0 Å². The Morgan fingerprint density at radius 1 is 1.12 bits per heavy atom. The highest BCUT2D eigenvalue weighted by atomic mass is 79.9. The molecule has 1 N–H and O–H groups in total. The largest absolute Gasteiger partial charge is 0.493 e. The Kier molecular flexibility index (Phi) is 7.57. The van der Waals surface area contributed by atoms with E-state index in [2.05, 4.69) is 26.1 Å². The van der Waals surface area contributed by atoms with Crippen molar-refractivity contribution in [3.05, 3.63) is 73.8 Å². The highest BCUT2D eigenvalue weighted by Gasteiger charge is 2.24. The predicted molar refractivity (Wildman–Crippen MR) is 137 cm³/mol. The molecule has 6 nitrogen and oxygen atoms in total. The van der Waals surface area contributed by atoms with Crippen molar-refractivity contribution in [2.75, 3.05) is 43.0 Å². The van der Waals surface area contributed by atoms with Gasteiger partial charge >= 0.3 is 0 Å². The fourth-order valence-corrected chi connectivity index (χ4v) is 5.15. The summed E-state index contributed by atoms with van der Waals surface area (Å²) in [6.07, 6.45) is 0. The van der Waals surface area contributed by atoms with E-state index in [0.29, 0.717) is 54.8 Å². The maximum atomic E-state index is 12.7. The van der Waals surface area contributed by atoms with E-state index in [9.17, 15) is 9.59 Å². The van der Waals surface area contributed by atoms with Crippen LogP contribution in [0.4, 0.5) is 11.4 Å². The summed E-state index contributed by atoms with van der Waals surface area (Å²) in [5, 5.41) is 5.36. The summed E-state index contributed by atoms with van der Waals surface area (Å²) in [6.45, 7) is 5.13. The zero-order valence-corrected chi connectivity index (χ0v) is 21.2. The fraction of sp³-hybridized carbons (Fsp3) is 0.250. The van der Waals surface area contributed by atoms with Crippen molar-refractivity contribution < 1.29 is 14.3 Å². The number of carbonyl (C=O) groups excluding carboxylic acids is 2. The molecule has 1 saturated heterocycles. The average molecular weight is 549 g/mol. The maximum Gasteiger partial charge on any atom is 0.264 e. The van der Waals surface area contributed by atoms with E-state index in [1.54, 1.807) is 24.3 Å². The summed E-state index contributed by atoms with van der Waals surface area (Å²) < 4.78 is 6.22. The lowest BCUT2D eigenvalue weighted by atomic mass is 10.2. The molecule has 4 rings (SSSR count). The highest BCUT2D eigenvalue weighted by molar-refractivity contribution is 9.10. The molecule has 0 bridgehead atoms. The Morgan fingerprint density at radius 3 is 2.55 bits per heavy atom. The third kappa shape index (κ3) is 5.51. The smallest absolute Gasteiger partial charge is 0.264 e. The lowest BCUT2D eigenvalue weighted by Gasteiger charge is -2.36. The van der Waals surface area contributed by atoms with Crippen molar-refractivity contribution in [2.45, 2.75) is 6.92 Å². The van der Waals surface area contributed by atoms with E-state index in [1.807, 2.05) is 41.5 Å². The molecule has 3 aromatic rings. The third-order valence-electron chi connectivity index (χ3n) is 5.34. The molecule has 0 aliphatic carbocycles. The van der Waals surface area contributed by atoms with Gasteiger partial charge < -0.3 is 19.9 Å². The van der Waals surface area contributed by atoms with E-state index < -0.39 is 0 Å². The minimum Gasteiger partial charge on any atom is -0.493 e. The Hall–Kier alpha value is -2.55. The molecule has 2 aromatic carbocycles. The van der Waals surface area contributed by atoms with Gasteiger partial charge in [0.1, 0.15) is 5.75 Å². The molecule has 2 amide bonds. The van der Waals surface area contributed by atoms with Crippen LogP contribution in [0.2, 0.25) is 5.02 Å². The standard InChI is InChI=1S/C24H23BrClN3O3S/c1-2-32-21-8-5-16(14-18(21)25)23(30)27-17-6-7-20(19(26)15-17)28-9-11-29(12-10-28)24(31)22-4-3-13-33-22/h3-8,13-15H,2,9-12H2,1H3,(H,27,30). The third-order valence-corrected chi connectivity index (χ3v) is 7.12. The number of ether oxygens (including phenoxy) is 1. The summed E-state index contributed by atoms with van der Waals surface area (Å²) in [6, 6.07) is 14.5. The number of hydrogen-bond donors (Lipinski definition) is 1. The first-order valence-corrected chi connectivity index (χ1v) is 12.6. The summed E-state index contributed by atoms with van der Waals surface area (Å²) in [7, 11) is 0. The minimum atomic E-state index is -0.233. The Bertz CT molecular complexity index is 1150. The lowest BCUT2D eigenvalue weighted by molar-refractivity contribution is 0.0751. The molecule has 0 saturated carbocycles. The molecule has 0 radical (unpaired) electrons. The average Bonchev–Trinajstić information content (AvgIpc) is 3.35. The van der Waals surface area contributed by atoms with Crippen molar-refractivity contribution in [1.82, 2.24) is 4.90 Å². The second-order valence-corrected chi connectivity index (χ2v) is 9.66. The summed E-state index contributed by atoms with van der Waals surface area (Å²) in [5.41, 5.74) is 2.02. The van der Waals surface area contributed by atoms with Gasteiger partial charge in [0.25, 0.3) is 11.8 Å². The Balaban J connectivity index is 1.38. The first kappa shape index (κ1) is 23.6. The van der Waals surface area contributed by atoms with Crippen LogP contribution in [0.25, 0.3) is 0 Å². The quantitative estimate of drug-likeness (QED) is 0.424. The van der Waals surface area contributed by atoms with Crippen LogP contribution in [0.15, 0.2) is 58.4 Å². The number of nitrogens with zero attached hydrogens (tertiary/aromatic N) is 2. The number of rotatable bonds is 6. The van der Waals surface area contributed by atoms with Crippen molar-refractivity contribution in [2.24, 2.45) is 0 Å². The van der Waals surface area contributed by atoms with Gasteiger partial charge in [-0.1, -0.05) is 17.7 Å². The zero-order chi connectivity index (χ0) is 23.4. The molecule has 9 heteroatoms. The maximum absolute atomic E-state index is 12.7.